The summed E-state index contributed by atoms with van der Waals surface area (Å²) in [5.74, 6) is -0.395. The Morgan fingerprint density at radius 2 is 1.91 bits per heavy atom. The molecular formula is C24H25F3N4O2S. The maximum atomic E-state index is 13.3. The topological polar surface area (TPSA) is 70.2 Å². The van der Waals surface area contributed by atoms with Gasteiger partial charge in [0.25, 0.3) is 0 Å². The summed E-state index contributed by atoms with van der Waals surface area (Å²) in [6, 6.07) is 13.4. The highest BCUT2D eigenvalue weighted by molar-refractivity contribution is 7.99. The first kappa shape index (κ1) is 24.2. The van der Waals surface area contributed by atoms with Crippen molar-refractivity contribution < 1.29 is 22.7 Å². The van der Waals surface area contributed by atoms with E-state index in [1.165, 1.54) is 17.8 Å². The molecule has 1 aromatic heterocycles. The number of anilines is 2. The summed E-state index contributed by atoms with van der Waals surface area (Å²) in [5, 5.41) is 3.26. The minimum atomic E-state index is -4.50. The van der Waals surface area contributed by atoms with Crippen molar-refractivity contribution in [2.24, 2.45) is 0 Å². The second-order valence-corrected chi connectivity index (χ2v) is 8.91. The molecule has 0 unspecified atom stereocenters. The van der Waals surface area contributed by atoms with E-state index in [-0.39, 0.29) is 11.4 Å². The van der Waals surface area contributed by atoms with Crippen LogP contribution in [0, 0.1) is 6.92 Å². The van der Waals surface area contributed by atoms with E-state index in [0.717, 1.165) is 29.1 Å². The highest BCUT2D eigenvalue weighted by Gasteiger charge is 2.32. The van der Waals surface area contributed by atoms with Gasteiger partial charge in [-0.05, 0) is 30.7 Å². The molecule has 10 heteroatoms. The van der Waals surface area contributed by atoms with Crippen LogP contribution in [0.4, 0.5) is 24.5 Å². The van der Waals surface area contributed by atoms with Gasteiger partial charge in [-0.1, -0.05) is 42.1 Å². The first-order chi connectivity index (χ1) is 16.3. The van der Waals surface area contributed by atoms with E-state index >= 15 is 0 Å². The molecule has 180 valence electrons. The summed E-state index contributed by atoms with van der Waals surface area (Å²) in [6.07, 6.45) is -3.83. The quantitative estimate of drug-likeness (QED) is 0.462. The molecule has 0 spiro atoms. The molecule has 0 bridgehead atoms. The third-order valence-corrected chi connectivity index (χ3v) is 6.34. The van der Waals surface area contributed by atoms with E-state index in [4.69, 9.17) is 4.74 Å². The number of hydrogen-bond acceptors (Lipinski definition) is 5. The van der Waals surface area contributed by atoms with Crippen molar-refractivity contribution in [2.45, 2.75) is 24.7 Å². The van der Waals surface area contributed by atoms with Crippen LogP contribution in [0.3, 0.4) is 0 Å². The number of morpholine rings is 1. The Morgan fingerprint density at radius 3 is 2.62 bits per heavy atom. The van der Waals surface area contributed by atoms with Crippen molar-refractivity contribution in [1.29, 1.82) is 0 Å². The Kier molecular flexibility index (Phi) is 7.47. The first-order valence-electron chi connectivity index (χ1n) is 10.9. The Labute approximate surface area is 199 Å². The van der Waals surface area contributed by atoms with Gasteiger partial charge in [0, 0.05) is 25.2 Å². The smallest absolute Gasteiger partial charge is 0.378 e. The van der Waals surface area contributed by atoms with E-state index in [2.05, 4.69) is 15.3 Å². The number of halogens is 3. The summed E-state index contributed by atoms with van der Waals surface area (Å²) < 4.78 is 45.2. The number of nitrogens with zero attached hydrogens (tertiary/aromatic N) is 2. The lowest BCUT2D eigenvalue weighted by Gasteiger charge is -2.31. The molecule has 0 radical (unpaired) electrons. The molecule has 2 N–H and O–H groups in total. The van der Waals surface area contributed by atoms with Crippen molar-refractivity contribution in [3.63, 3.8) is 0 Å². The maximum absolute atomic E-state index is 13.3. The number of amides is 1. The van der Waals surface area contributed by atoms with Gasteiger partial charge < -0.3 is 19.9 Å². The zero-order chi connectivity index (χ0) is 24.1. The third-order valence-electron chi connectivity index (χ3n) is 5.47. The predicted octanol–water partition coefficient (Wildman–Crippen LogP) is 4.90. The van der Waals surface area contributed by atoms with Gasteiger partial charge in [-0.15, -0.1) is 0 Å². The average Bonchev–Trinajstić information content (AvgIpc) is 3.17. The van der Waals surface area contributed by atoms with Gasteiger partial charge in [-0.25, -0.2) is 4.98 Å². The minimum Gasteiger partial charge on any atom is -0.378 e. The van der Waals surface area contributed by atoms with E-state index in [9.17, 15) is 18.0 Å². The van der Waals surface area contributed by atoms with Crippen molar-refractivity contribution >= 4 is 29.0 Å². The zero-order valence-electron chi connectivity index (χ0n) is 18.6. The third kappa shape index (κ3) is 6.12. The Balaban J connectivity index is 1.43. The van der Waals surface area contributed by atoms with Gasteiger partial charge in [-0.3, -0.25) is 4.79 Å². The lowest BCUT2D eigenvalue weighted by atomic mass is 10.1. The summed E-state index contributed by atoms with van der Waals surface area (Å²) in [5.41, 5.74) is 2.82. The number of H-pyrrole nitrogens is 1. The van der Waals surface area contributed by atoms with Gasteiger partial charge in [-0.2, -0.15) is 13.2 Å². The summed E-state index contributed by atoms with van der Waals surface area (Å²) in [4.78, 5) is 22.3. The van der Waals surface area contributed by atoms with Crippen LogP contribution < -0.4 is 10.2 Å². The number of imidazole rings is 1. The van der Waals surface area contributed by atoms with Crippen LogP contribution in [0.25, 0.3) is 0 Å². The van der Waals surface area contributed by atoms with Crippen LogP contribution in [-0.4, -0.2) is 47.9 Å². The van der Waals surface area contributed by atoms with Gasteiger partial charge in [0.1, 0.15) is 0 Å². The molecule has 0 saturated carbocycles. The van der Waals surface area contributed by atoms with Gasteiger partial charge in [0.2, 0.25) is 5.91 Å². The number of alkyl halides is 3. The van der Waals surface area contributed by atoms with Crippen molar-refractivity contribution in [3.05, 3.63) is 71.0 Å². The number of thioether (sulfide) groups is 1. The number of aromatic nitrogens is 2. The van der Waals surface area contributed by atoms with Gasteiger partial charge >= 0.3 is 6.18 Å². The minimum absolute atomic E-state index is 0.0104. The molecule has 2 heterocycles. The molecule has 1 aliphatic rings. The largest absolute Gasteiger partial charge is 0.416 e. The lowest BCUT2D eigenvalue weighted by Crippen LogP contribution is -2.37. The van der Waals surface area contributed by atoms with Gasteiger partial charge in [0.15, 0.2) is 5.16 Å². The fourth-order valence-corrected chi connectivity index (χ4v) is 4.45. The molecule has 1 saturated heterocycles. The fourth-order valence-electron chi connectivity index (χ4n) is 3.71. The van der Waals surface area contributed by atoms with E-state index in [1.807, 2.05) is 42.2 Å². The SMILES string of the molecule is Cc1[nH]c(SCC(=O)Nc2cc(C(F)(F)F)ccc2N2CCOCC2)nc1Cc1ccccc1. The number of carbonyl (C=O) groups is 1. The number of aryl methyl sites for hydroxylation is 1. The van der Waals surface area contributed by atoms with Crippen LogP contribution in [0.2, 0.25) is 0 Å². The molecule has 1 fully saturated rings. The molecule has 1 aliphatic heterocycles. The number of nitrogens with one attached hydrogen (secondary N) is 2. The maximum Gasteiger partial charge on any atom is 0.416 e. The molecule has 4 rings (SSSR count). The summed E-state index contributed by atoms with van der Waals surface area (Å²) in [7, 11) is 0. The van der Waals surface area contributed by atoms with E-state index in [0.29, 0.717) is 43.6 Å². The highest BCUT2D eigenvalue weighted by atomic mass is 32.2. The molecule has 1 amide bonds. The number of ether oxygens (including phenoxy) is 1. The van der Waals surface area contributed by atoms with Crippen molar-refractivity contribution in [2.75, 3.05) is 42.3 Å². The Morgan fingerprint density at radius 1 is 1.18 bits per heavy atom. The second kappa shape index (κ2) is 10.5. The van der Waals surface area contributed by atoms with E-state index < -0.39 is 17.6 Å². The summed E-state index contributed by atoms with van der Waals surface area (Å²) >= 11 is 1.21. The van der Waals surface area contributed by atoms with Crippen LogP contribution >= 0.6 is 11.8 Å². The first-order valence-corrected chi connectivity index (χ1v) is 11.8. The molecule has 0 aliphatic carbocycles. The average molecular weight is 491 g/mol. The standard InChI is InChI=1S/C24H25F3N4O2S/c1-16-19(13-17-5-3-2-4-6-17)30-23(28-16)34-15-22(32)29-20-14-18(24(25,26)27)7-8-21(20)31-9-11-33-12-10-31/h2-8,14H,9-13,15H2,1H3,(H,28,30)(H,29,32). The van der Waals surface area contributed by atoms with Crippen molar-refractivity contribution in [1.82, 2.24) is 9.97 Å². The lowest BCUT2D eigenvalue weighted by molar-refractivity contribution is -0.137. The number of aromatic amines is 1. The second-order valence-electron chi connectivity index (χ2n) is 7.94. The highest BCUT2D eigenvalue weighted by Crippen LogP contribution is 2.36. The van der Waals surface area contributed by atoms with Gasteiger partial charge in [0.05, 0.1) is 41.6 Å². The molecule has 2 aromatic carbocycles. The number of hydrogen-bond donors (Lipinski definition) is 2. The normalized spacial score (nSPS) is 14.3. The predicted molar refractivity (Wildman–Crippen MR) is 126 cm³/mol. The Hall–Kier alpha value is -2.98. The molecule has 6 nitrogen and oxygen atoms in total. The molecule has 34 heavy (non-hydrogen) atoms. The summed E-state index contributed by atoms with van der Waals surface area (Å²) in [6.45, 7) is 3.96. The molecular weight excluding hydrogens is 465 g/mol. The molecule has 0 atom stereocenters. The van der Waals surface area contributed by atoms with Crippen LogP contribution in [0.1, 0.15) is 22.5 Å². The number of benzene rings is 2. The zero-order valence-corrected chi connectivity index (χ0v) is 19.4. The fraction of sp³-hybridized carbons (Fsp3) is 0.333. The van der Waals surface area contributed by atoms with Crippen LogP contribution in [-0.2, 0) is 22.1 Å². The van der Waals surface area contributed by atoms with Crippen LogP contribution in [0.15, 0.2) is 53.7 Å². The number of rotatable bonds is 7. The van der Waals surface area contributed by atoms with Crippen molar-refractivity contribution in [3.8, 4) is 0 Å². The monoisotopic (exact) mass is 490 g/mol. The van der Waals surface area contributed by atoms with E-state index in [1.54, 1.807) is 0 Å². The number of carbonyl (C=O) groups excluding carboxylic acids is 1. The molecule has 3 aromatic rings. The van der Waals surface area contributed by atoms with Crippen LogP contribution in [0.5, 0.6) is 0 Å². The Bertz CT molecular complexity index is 1130.